The molecule has 5 nitrogen and oxygen atoms in total. The smallest absolute Gasteiger partial charge is 0.302 e. The Hall–Kier alpha value is -0.170. The minimum absolute atomic E-state index is 0.452. The summed E-state index contributed by atoms with van der Waals surface area (Å²) in [7, 11) is -0.484. The Kier molecular flexibility index (Phi) is 12.1. The summed E-state index contributed by atoms with van der Waals surface area (Å²) in [5.74, 6) is 0. The molecule has 0 bridgehead atoms. The zero-order valence-corrected chi connectivity index (χ0v) is 16.4. The minimum Gasteiger partial charge on any atom is -0.302 e. The van der Waals surface area contributed by atoms with Crippen molar-refractivity contribution in [3.8, 4) is 0 Å². The van der Waals surface area contributed by atoms with Crippen molar-refractivity contribution in [3.05, 3.63) is 0 Å². The van der Waals surface area contributed by atoms with E-state index in [1.807, 2.05) is 21.0 Å². The monoisotopic (exact) mass is 352 g/mol. The SMILES string of the molecule is CCCCCCCCCCCC[N+](C)(C)C(CC)OS(=O)(=O)O. The van der Waals surface area contributed by atoms with Crippen molar-refractivity contribution in [3.63, 3.8) is 0 Å². The Morgan fingerprint density at radius 2 is 1.30 bits per heavy atom. The summed E-state index contributed by atoms with van der Waals surface area (Å²) in [4.78, 5) is 0. The number of rotatable bonds is 15. The topological polar surface area (TPSA) is 63.6 Å². The van der Waals surface area contributed by atoms with Gasteiger partial charge >= 0.3 is 10.4 Å². The largest absolute Gasteiger partial charge is 0.402 e. The fourth-order valence-electron chi connectivity index (χ4n) is 2.97. The van der Waals surface area contributed by atoms with Crippen LogP contribution in [0, 0.1) is 0 Å². The molecule has 0 aliphatic rings. The van der Waals surface area contributed by atoms with Crippen LogP contribution in [-0.4, -0.2) is 44.3 Å². The lowest BCUT2D eigenvalue weighted by atomic mass is 10.1. The molecule has 0 amide bonds. The van der Waals surface area contributed by atoms with Gasteiger partial charge in [-0.1, -0.05) is 65.2 Å². The second kappa shape index (κ2) is 12.2. The summed E-state index contributed by atoms with van der Waals surface area (Å²) in [6.07, 6.45) is 12.8. The highest BCUT2D eigenvalue weighted by Gasteiger charge is 2.31. The van der Waals surface area contributed by atoms with Crippen LogP contribution in [-0.2, 0) is 14.6 Å². The number of nitrogens with zero attached hydrogens (tertiary/aromatic N) is 1. The summed E-state index contributed by atoms with van der Waals surface area (Å²) in [5, 5.41) is 0. The molecule has 0 fully saturated rings. The van der Waals surface area contributed by atoms with Crippen molar-refractivity contribution in [2.24, 2.45) is 0 Å². The van der Waals surface area contributed by atoms with E-state index in [9.17, 15) is 8.42 Å². The maximum Gasteiger partial charge on any atom is 0.402 e. The zero-order chi connectivity index (χ0) is 17.8. The summed E-state index contributed by atoms with van der Waals surface area (Å²) < 4.78 is 35.9. The van der Waals surface area contributed by atoms with Crippen molar-refractivity contribution in [2.45, 2.75) is 90.7 Å². The highest BCUT2D eigenvalue weighted by atomic mass is 32.3. The molecule has 0 radical (unpaired) electrons. The lowest BCUT2D eigenvalue weighted by molar-refractivity contribution is -0.933. The van der Waals surface area contributed by atoms with Crippen LogP contribution in [0.1, 0.15) is 84.5 Å². The molecule has 6 heteroatoms. The van der Waals surface area contributed by atoms with Gasteiger partial charge in [-0.3, -0.25) is 4.55 Å². The Balaban J connectivity index is 3.80. The van der Waals surface area contributed by atoms with Crippen LogP contribution in [0.25, 0.3) is 0 Å². The first-order valence-corrected chi connectivity index (χ1v) is 10.6. The van der Waals surface area contributed by atoms with E-state index in [0.717, 1.165) is 13.0 Å². The van der Waals surface area contributed by atoms with Crippen LogP contribution in [0.2, 0.25) is 0 Å². The molecule has 140 valence electrons. The van der Waals surface area contributed by atoms with Gasteiger partial charge < -0.3 is 4.48 Å². The fraction of sp³-hybridized carbons (Fsp3) is 1.00. The van der Waals surface area contributed by atoms with Gasteiger partial charge in [-0.2, -0.15) is 12.6 Å². The van der Waals surface area contributed by atoms with Gasteiger partial charge in [0.2, 0.25) is 6.23 Å². The second-order valence-corrected chi connectivity index (χ2v) is 8.12. The van der Waals surface area contributed by atoms with Gasteiger partial charge in [-0.25, -0.2) is 0 Å². The molecule has 0 rings (SSSR count). The molecule has 0 saturated heterocycles. The second-order valence-electron chi connectivity index (χ2n) is 7.07. The van der Waals surface area contributed by atoms with Crippen molar-refractivity contribution < 1.29 is 21.6 Å². The predicted octanol–water partition coefficient (Wildman–Crippen LogP) is 4.54. The van der Waals surface area contributed by atoms with Crippen LogP contribution in [0.5, 0.6) is 0 Å². The Bertz CT molecular complexity index is 382. The Labute approximate surface area is 143 Å². The molecular weight excluding hydrogens is 314 g/mol. The normalized spacial score (nSPS) is 14.1. The molecule has 0 aliphatic carbocycles. The van der Waals surface area contributed by atoms with E-state index in [1.165, 1.54) is 57.8 Å². The van der Waals surface area contributed by atoms with E-state index in [1.54, 1.807) is 0 Å². The average Bonchev–Trinajstić information content (AvgIpc) is 2.45. The summed E-state index contributed by atoms with van der Waals surface area (Å²) in [5.41, 5.74) is 0. The van der Waals surface area contributed by atoms with Crippen molar-refractivity contribution >= 4 is 10.4 Å². The molecule has 1 unspecified atom stereocenters. The van der Waals surface area contributed by atoms with E-state index in [0.29, 0.717) is 10.9 Å². The first-order valence-electron chi connectivity index (χ1n) is 9.21. The summed E-state index contributed by atoms with van der Waals surface area (Å²) in [6, 6.07) is 0. The third-order valence-corrected chi connectivity index (χ3v) is 4.91. The van der Waals surface area contributed by atoms with Crippen LogP contribution in [0.15, 0.2) is 0 Å². The number of quaternary nitrogens is 1. The Morgan fingerprint density at radius 1 is 0.870 bits per heavy atom. The van der Waals surface area contributed by atoms with Gasteiger partial charge in [0.15, 0.2) is 0 Å². The van der Waals surface area contributed by atoms with E-state index in [-0.39, 0.29) is 0 Å². The van der Waals surface area contributed by atoms with Gasteiger partial charge in [-0.15, -0.1) is 0 Å². The zero-order valence-electron chi connectivity index (χ0n) is 15.6. The standard InChI is InChI=1S/C17H37NO4S/c1-5-7-8-9-10-11-12-13-14-15-16-18(3,4)17(6-2)22-23(19,20)21/h17H,5-16H2,1-4H3/p+1. The average molecular weight is 353 g/mol. The Morgan fingerprint density at radius 3 is 1.70 bits per heavy atom. The third-order valence-electron chi connectivity index (χ3n) is 4.45. The van der Waals surface area contributed by atoms with Crippen molar-refractivity contribution in [1.82, 2.24) is 0 Å². The van der Waals surface area contributed by atoms with E-state index in [2.05, 4.69) is 6.92 Å². The molecule has 0 aromatic heterocycles. The first kappa shape index (κ1) is 22.8. The molecule has 0 aliphatic heterocycles. The van der Waals surface area contributed by atoms with Crippen molar-refractivity contribution in [2.75, 3.05) is 20.6 Å². The molecule has 0 heterocycles. The van der Waals surface area contributed by atoms with Gasteiger partial charge in [0, 0.05) is 6.42 Å². The quantitative estimate of drug-likeness (QED) is 0.203. The maximum atomic E-state index is 10.9. The fourth-order valence-corrected chi connectivity index (χ4v) is 3.62. The first-order chi connectivity index (χ1) is 10.7. The lowest BCUT2D eigenvalue weighted by Gasteiger charge is -2.36. The number of hydrogen-bond donors (Lipinski definition) is 1. The lowest BCUT2D eigenvalue weighted by Crippen LogP contribution is -2.51. The minimum atomic E-state index is -4.39. The number of hydrogen-bond acceptors (Lipinski definition) is 3. The van der Waals surface area contributed by atoms with E-state index in [4.69, 9.17) is 8.74 Å². The van der Waals surface area contributed by atoms with E-state index < -0.39 is 16.6 Å². The molecule has 0 saturated carbocycles. The molecular formula is C17H38NO4S+. The molecule has 1 N–H and O–H groups in total. The molecule has 0 aromatic carbocycles. The van der Waals surface area contributed by atoms with Gasteiger partial charge in [-0.05, 0) is 12.8 Å². The highest BCUT2D eigenvalue weighted by molar-refractivity contribution is 7.80. The van der Waals surface area contributed by atoms with Gasteiger partial charge in [0.05, 0.1) is 20.6 Å². The van der Waals surface area contributed by atoms with Gasteiger partial charge in [0.1, 0.15) is 0 Å². The van der Waals surface area contributed by atoms with Crippen LogP contribution in [0.4, 0.5) is 0 Å². The molecule has 1 atom stereocenters. The van der Waals surface area contributed by atoms with Crippen LogP contribution in [0.3, 0.4) is 0 Å². The highest BCUT2D eigenvalue weighted by Crippen LogP contribution is 2.17. The van der Waals surface area contributed by atoms with Gasteiger partial charge in [0.25, 0.3) is 0 Å². The van der Waals surface area contributed by atoms with Crippen molar-refractivity contribution in [1.29, 1.82) is 0 Å². The van der Waals surface area contributed by atoms with Crippen LogP contribution < -0.4 is 0 Å². The number of unbranched alkanes of at least 4 members (excludes halogenated alkanes) is 9. The molecule has 23 heavy (non-hydrogen) atoms. The van der Waals surface area contributed by atoms with E-state index >= 15 is 0 Å². The summed E-state index contributed by atoms with van der Waals surface area (Å²) >= 11 is 0. The summed E-state index contributed by atoms with van der Waals surface area (Å²) in [6.45, 7) is 4.96. The predicted molar refractivity (Wildman–Crippen MR) is 95.5 cm³/mol. The maximum absolute atomic E-state index is 10.9. The van der Waals surface area contributed by atoms with Crippen LogP contribution >= 0.6 is 0 Å². The third kappa shape index (κ3) is 12.9. The molecule has 0 aromatic rings. The molecule has 0 spiro atoms.